The van der Waals surface area contributed by atoms with E-state index in [9.17, 15) is 14.0 Å². The van der Waals surface area contributed by atoms with Crippen molar-refractivity contribution >= 4 is 36.0 Å². The van der Waals surface area contributed by atoms with Gasteiger partial charge in [0.1, 0.15) is 16.7 Å². The normalized spacial score (nSPS) is 24.8. The smallest absolute Gasteiger partial charge is 0.246 e. The molecule has 3 rings (SSSR count). The Kier molecular flexibility index (Phi) is 6.35. The van der Waals surface area contributed by atoms with Crippen molar-refractivity contribution in [1.82, 2.24) is 15.1 Å². The average molecular weight is 388 g/mol. The summed E-state index contributed by atoms with van der Waals surface area (Å²) in [6.45, 7) is 1.31. The zero-order chi connectivity index (χ0) is 17.3. The van der Waals surface area contributed by atoms with Gasteiger partial charge >= 0.3 is 0 Å². The highest BCUT2D eigenvalue weighted by molar-refractivity contribution is 8.00. The monoisotopic (exact) mass is 387 g/mol. The number of halogens is 2. The zero-order valence-electron chi connectivity index (χ0n) is 14.3. The van der Waals surface area contributed by atoms with E-state index in [0.29, 0.717) is 31.7 Å². The van der Waals surface area contributed by atoms with Gasteiger partial charge in [0.05, 0.1) is 0 Å². The lowest BCUT2D eigenvalue weighted by atomic mass is 10.0. The SMILES string of the molecule is CNCCN(C)C(=O)C1CSC2(c3ccc(F)cc3)CCC(=O)N12.Cl. The lowest BCUT2D eigenvalue weighted by Crippen LogP contribution is -2.51. The number of carbonyl (C=O) groups excluding carboxylic acids is 2. The minimum absolute atomic E-state index is 0. The summed E-state index contributed by atoms with van der Waals surface area (Å²) in [5.74, 6) is 0.251. The van der Waals surface area contributed by atoms with E-state index in [2.05, 4.69) is 5.32 Å². The molecule has 2 amide bonds. The number of likely N-dealkylation sites (N-methyl/N-ethyl adjacent to an activating group) is 2. The van der Waals surface area contributed by atoms with Gasteiger partial charge in [0.25, 0.3) is 0 Å². The number of nitrogens with one attached hydrogen (secondary N) is 1. The summed E-state index contributed by atoms with van der Waals surface area (Å²) in [6, 6.07) is 5.84. The van der Waals surface area contributed by atoms with Gasteiger partial charge in [-0.1, -0.05) is 12.1 Å². The molecule has 2 fully saturated rings. The number of hydrogen-bond donors (Lipinski definition) is 1. The highest BCUT2D eigenvalue weighted by Crippen LogP contribution is 2.54. The fourth-order valence-corrected chi connectivity index (χ4v) is 5.12. The van der Waals surface area contributed by atoms with Crippen molar-refractivity contribution < 1.29 is 14.0 Å². The number of fused-ring (bicyclic) bond motifs is 1. The van der Waals surface area contributed by atoms with Crippen LogP contribution in [0, 0.1) is 5.82 Å². The molecule has 25 heavy (non-hydrogen) atoms. The lowest BCUT2D eigenvalue weighted by molar-refractivity contribution is -0.143. The summed E-state index contributed by atoms with van der Waals surface area (Å²) < 4.78 is 13.3. The molecule has 2 atom stereocenters. The molecule has 0 bridgehead atoms. The molecule has 0 aromatic heterocycles. The van der Waals surface area contributed by atoms with Crippen LogP contribution in [0.4, 0.5) is 4.39 Å². The molecule has 0 spiro atoms. The first-order valence-electron chi connectivity index (χ1n) is 8.11. The first-order valence-corrected chi connectivity index (χ1v) is 9.10. The van der Waals surface area contributed by atoms with Gasteiger partial charge < -0.3 is 15.1 Å². The number of thioether (sulfide) groups is 1. The number of carbonyl (C=O) groups is 2. The van der Waals surface area contributed by atoms with Gasteiger partial charge in [-0.15, -0.1) is 24.2 Å². The molecule has 2 aliphatic heterocycles. The van der Waals surface area contributed by atoms with Crippen molar-refractivity contribution in [3.8, 4) is 0 Å². The third kappa shape index (κ3) is 3.50. The number of benzene rings is 1. The summed E-state index contributed by atoms with van der Waals surface area (Å²) in [5.41, 5.74) is 0.896. The summed E-state index contributed by atoms with van der Waals surface area (Å²) >= 11 is 1.62. The molecule has 2 unspecified atom stereocenters. The van der Waals surface area contributed by atoms with Crippen LogP contribution < -0.4 is 5.32 Å². The lowest BCUT2D eigenvalue weighted by Gasteiger charge is -2.35. The minimum atomic E-state index is -0.533. The minimum Gasteiger partial charge on any atom is -0.343 e. The van der Waals surface area contributed by atoms with E-state index >= 15 is 0 Å². The Morgan fingerprint density at radius 1 is 1.44 bits per heavy atom. The Morgan fingerprint density at radius 3 is 2.76 bits per heavy atom. The van der Waals surface area contributed by atoms with Gasteiger partial charge in [0.2, 0.25) is 11.8 Å². The molecule has 0 radical (unpaired) electrons. The fourth-order valence-electron chi connectivity index (χ4n) is 3.48. The first kappa shape index (κ1) is 20.0. The Labute approximate surface area is 157 Å². The standard InChI is InChI=1S/C17H22FN3O2S.ClH/c1-19-9-10-20(2)16(23)14-11-24-17(8-7-15(22)21(14)17)12-3-5-13(18)6-4-12;/h3-6,14,19H,7-11H2,1-2H3;1H. The second-order valence-electron chi connectivity index (χ2n) is 6.25. The maximum absolute atomic E-state index is 13.3. The molecule has 1 N–H and O–H groups in total. The Bertz CT molecular complexity index is 645. The van der Waals surface area contributed by atoms with Crippen molar-refractivity contribution in [2.45, 2.75) is 23.8 Å². The van der Waals surface area contributed by atoms with E-state index in [-0.39, 0.29) is 30.0 Å². The second kappa shape index (κ2) is 7.93. The maximum Gasteiger partial charge on any atom is 0.246 e. The van der Waals surface area contributed by atoms with Crippen LogP contribution in [0.5, 0.6) is 0 Å². The van der Waals surface area contributed by atoms with Crippen LogP contribution in [-0.2, 0) is 14.5 Å². The number of hydrogen-bond acceptors (Lipinski definition) is 4. The van der Waals surface area contributed by atoms with Gasteiger partial charge in [-0.3, -0.25) is 9.59 Å². The van der Waals surface area contributed by atoms with Gasteiger partial charge in [-0.25, -0.2) is 4.39 Å². The largest absolute Gasteiger partial charge is 0.343 e. The van der Waals surface area contributed by atoms with E-state index in [1.807, 2.05) is 7.05 Å². The molecular formula is C17H23ClFN3O2S. The molecule has 0 saturated carbocycles. The molecule has 5 nitrogen and oxygen atoms in total. The average Bonchev–Trinajstić information content (AvgIpc) is 3.12. The second-order valence-corrected chi connectivity index (χ2v) is 7.54. The molecule has 2 heterocycles. The van der Waals surface area contributed by atoms with Crippen molar-refractivity contribution in [3.05, 3.63) is 35.6 Å². The van der Waals surface area contributed by atoms with E-state index in [1.165, 1.54) is 12.1 Å². The van der Waals surface area contributed by atoms with Crippen LogP contribution in [-0.4, -0.2) is 60.6 Å². The van der Waals surface area contributed by atoms with Crippen LogP contribution in [0.25, 0.3) is 0 Å². The molecular weight excluding hydrogens is 365 g/mol. The first-order chi connectivity index (χ1) is 11.5. The van der Waals surface area contributed by atoms with Crippen molar-refractivity contribution in [1.29, 1.82) is 0 Å². The van der Waals surface area contributed by atoms with Gasteiger partial charge in [-0.05, 0) is 31.2 Å². The van der Waals surface area contributed by atoms with E-state index in [1.54, 1.807) is 40.7 Å². The molecule has 1 aromatic rings. The predicted molar refractivity (Wildman–Crippen MR) is 99.2 cm³/mol. The number of amides is 2. The van der Waals surface area contributed by atoms with Crippen LogP contribution in [0.15, 0.2) is 24.3 Å². The van der Waals surface area contributed by atoms with Crippen LogP contribution >= 0.6 is 24.2 Å². The van der Waals surface area contributed by atoms with Gasteiger partial charge in [-0.2, -0.15) is 0 Å². The van der Waals surface area contributed by atoms with Crippen LogP contribution in [0.3, 0.4) is 0 Å². The third-order valence-electron chi connectivity index (χ3n) is 4.78. The Morgan fingerprint density at radius 2 is 2.12 bits per heavy atom. The number of nitrogens with zero attached hydrogens (tertiary/aromatic N) is 2. The van der Waals surface area contributed by atoms with Gasteiger partial charge in [0, 0.05) is 32.3 Å². The zero-order valence-corrected chi connectivity index (χ0v) is 16.0. The number of rotatable bonds is 5. The molecule has 2 saturated heterocycles. The Balaban J connectivity index is 0.00000225. The van der Waals surface area contributed by atoms with E-state index in [4.69, 9.17) is 0 Å². The van der Waals surface area contributed by atoms with Crippen LogP contribution in [0.2, 0.25) is 0 Å². The van der Waals surface area contributed by atoms with E-state index in [0.717, 1.165) is 5.56 Å². The topological polar surface area (TPSA) is 52.7 Å². The summed E-state index contributed by atoms with van der Waals surface area (Å²) in [5, 5.41) is 3.02. The molecule has 8 heteroatoms. The summed E-state index contributed by atoms with van der Waals surface area (Å²) in [6.07, 6.45) is 1.08. The van der Waals surface area contributed by atoms with Crippen molar-refractivity contribution in [3.63, 3.8) is 0 Å². The third-order valence-corrected chi connectivity index (χ3v) is 6.38. The van der Waals surface area contributed by atoms with Crippen LogP contribution in [0.1, 0.15) is 18.4 Å². The van der Waals surface area contributed by atoms with E-state index < -0.39 is 10.9 Å². The Hall–Kier alpha value is -1.31. The molecule has 138 valence electrons. The maximum atomic E-state index is 13.3. The fraction of sp³-hybridized carbons (Fsp3) is 0.529. The van der Waals surface area contributed by atoms with Gasteiger partial charge in [0.15, 0.2) is 0 Å². The van der Waals surface area contributed by atoms with Crippen molar-refractivity contribution in [2.75, 3.05) is 32.9 Å². The van der Waals surface area contributed by atoms with Crippen molar-refractivity contribution in [2.24, 2.45) is 0 Å². The highest BCUT2D eigenvalue weighted by Gasteiger charge is 2.56. The highest BCUT2D eigenvalue weighted by atomic mass is 35.5. The quantitative estimate of drug-likeness (QED) is 0.837. The predicted octanol–water partition coefficient (Wildman–Crippen LogP) is 1.82. The molecule has 1 aromatic carbocycles. The molecule has 0 aliphatic carbocycles. The summed E-state index contributed by atoms with van der Waals surface area (Å²) in [4.78, 5) is 28.2. The summed E-state index contributed by atoms with van der Waals surface area (Å²) in [7, 11) is 3.61. The molecule has 2 aliphatic rings.